The molecule has 1 aromatic rings. The monoisotopic (exact) mass is 366 g/mol. The Hall–Kier alpha value is -1.23. The fourth-order valence-electron chi connectivity index (χ4n) is 2.67. The molecule has 0 amide bonds. The van der Waals surface area contributed by atoms with Crippen LogP contribution in [0, 0.1) is 5.92 Å². The zero-order chi connectivity index (χ0) is 15.8. The number of guanidine groups is 1. The second kappa shape index (κ2) is 9.03. The Bertz CT molecular complexity index is 472. The molecule has 1 fully saturated rings. The number of anilines is 1. The molecule has 5 heteroatoms. The molecule has 1 aliphatic heterocycles. The van der Waals surface area contributed by atoms with Crippen LogP contribution < -0.4 is 15.5 Å². The first kappa shape index (κ1) is 17.1. The van der Waals surface area contributed by atoms with Crippen LogP contribution in [-0.4, -0.2) is 38.7 Å². The number of hydrogen-bond donors (Lipinski definition) is 2. The smallest absolute Gasteiger partial charge is 0.191 e. The van der Waals surface area contributed by atoms with Crippen LogP contribution in [0.1, 0.15) is 26.7 Å². The van der Waals surface area contributed by atoms with Gasteiger partial charge in [0.2, 0.25) is 0 Å². The summed E-state index contributed by atoms with van der Waals surface area (Å²) in [7, 11) is 0. The van der Waals surface area contributed by atoms with Crippen LogP contribution in [0.15, 0.2) is 33.7 Å². The van der Waals surface area contributed by atoms with Gasteiger partial charge in [0.05, 0.1) is 0 Å². The number of benzene rings is 1. The van der Waals surface area contributed by atoms with Crippen LogP contribution in [0.4, 0.5) is 5.69 Å². The predicted molar refractivity (Wildman–Crippen MR) is 98.7 cm³/mol. The van der Waals surface area contributed by atoms with E-state index in [-0.39, 0.29) is 0 Å². The van der Waals surface area contributed by atoms with Gasteiger partial charge in [-0.25, -0.2) is 0 Å². The lowest BCUT2D eigenvalue weighted by Crippen LogP contribution is -2.38. The summed E-state index contributed by atoms with van der Waals surface area (Å²) in [5, 5.41) is 6.67. The van der Waals surface area contributed by atoms with Gasteiger partial charge in [0.1, 0.15) is 0 Å². The zero-order valence-electron chi connectivity index (χ0n) is 13.6. The fraction of sp³-hybridized carbons (Fsp3) is 0.588. The van der Waals surface area contributed by atoms with E-state index in [2.05, 4.69) is 69.6 Å². The van der Waals surface area contributed by atoms with Crippen molar-refractivity contribution < 1.29 is 0 Å². The number of halogens is 1. The first-order valence-corrected chi connectivity index (χ1v) is 9.05. The number of nitrogens with one attached hydrogen (secondary N) is 2. The molecule has 0 aliphatic carbocycles. The third-order valence-electron chi connectivity index (χ3n) is 3.87. The molecule has 0 spiro atoms. The van der Waals surface area contributed by atoms with Gasteiger partial charge in [-0.15, -0.1) is 0 Å². The van der Waals surface area contributed by atoms with Crippen molar-refractivity contribution in [3.05, 3.63) is 28.7 Å². The van der Waals surface area contributed by atoms with Crippen molar-refractivity contribution >= 4 is 27.6 Å². The molecule has 0 radical (unpaired) electrons. The van der Waals surface area contributed by atoms with Crippen molar-refractivity contribution in [3.63, 3.8) is 0 Å². The van der Waals surface area contributed by atoms with E-state index in [9.17, 15) is 0 Å². The number of aliphatic imine (C=N–C) groups is 1. The van der Waals surface area contributed by atoms with E-state index in [0.717, 1.165) is 49.6 Å². The first-order chi connectivity index (χ1) is 10.7. The quantitative estimate of drug-likeness (QED) is 0.599. The maximum atomic E-state index is 4.74. The second-order valence-electron chi connectivity index (χ2n) is 5.72. The van der Waals surface area contributed by atoms with Gasteiger partial charge in [-0.05, 0) is 49.9 Å². The molecule has 0 bridgehead atoms. The van der Waals surface area contributed by atoms with Crippen LogP contribution in [0.5, 0.6) is 0 Å². The molecule has 2 N–H and O–H groups in total. The molecule has 0 saturated carbocycles. The van der Waals surface area contributed by atoms with E-state index in [4.69, 9.17) is 4.99 Å². The second-order valence-corrected chi connectivity index (χ2v) is 6.64. The van der Waals surface area contributed by atoms with Crippen molar-refractivity contribution in [1.29, 1.82) is 0 Å². The highest BCUT2D eigenvalue weighted by Gasteiger charge is 2.22. The Balaban J connectivity index is 1.85. The normalized spacial score (nSPS) is 18.6. The minimum Gasteiger partial charge on any atom is -0.371 e. The highest BCUT2D eigenvalue weighted by molar-refractivity contribution is 9.10. The molecule has 0 aromatic heterocycles. The van der Waals surface area contributed by atoms with Gasteiger partial charge >= 0.3 is 0 Å². The van der Waals surface area contributed by atoms with Gasteiger partial charge in [-0.1, -0.05) is 22.9 Å². The summed E-state index contributed by atoms with van der Waals surface area (Å²) in [6, 6.07) is 8.59. The third kappa shape index (κ3) is 5.20. The molecule has 1 aromatic carbocycles. The van der Waals surface area contributed by atoms with E-state index < -0.39 is 0 Å². The summed E-state index contributed by atoms with van der Waals surface area (Å²) >= 11 is 3.49. The largest absolute Gasteiger partial charge is 0.371 e. The van der Waals surface area contributed by atoms with E-state index >= 15 is 0 Å². The van der Waals surface area contributed by atoms with Crippen LogP contribution in [-0.2, 0) is 0 Å². The molecule has 1 atom stereocenters. The molecule has 2 rings (SSSR count). The molecule has 122 valence electrons. The number of nitrogens with zero attached hydrogens (tertiary/aromatic N) is 2. The summed E-state index contributed by atoms with van der Waals surface area (Å²) in [6.07, 6.45) is 2.33. The van der Waals surface area contributed by atoms with Crippen molar-refractivity contribution in [1.82, 2.24) is 10.6 Å². The van der Waals surface area contributed by atoms with Gasteiger partial charge in [-0.2, -0.15) is 0 Å². The van der Waals surface area contributed by atoms with Gasteiger partial charge in [-0.3, -0.25) is 4.99 Å². The lowest BCUT2D eigenvalue weighted by atomic mass is 10.1. The topological polar surface area (TPSA) is 39.7 Å². The molecule has 1 unspecified atom stereocenters. The molecular weight excluding hydrogens is 340 g/mol. The summed E-state index contributed by atoms with van der Waals surface area (Å²) < 4.78 is 1.13. The van der Waals surface area contributed by atoms with Crippen molar-refractivity contribution in [3.8, 4) is 0 Å². The van der Waals surface area contributed by atoms with E-state index in [1.807, 2.05) is 0 Å². The molecule has 4 nitrogen and oxygen atoms in total. The van der Waals surface area contributed by atoms with Crippen LogP contribution in [0.2, 0.25) is 0 Å². The van der Waals surface area contributed by atoms with E-state index in [0.29, 0.717) is 5.92 Å². The standard InChI is InChI=1S/C17H27BrN4/c1-3-10-20-17(19-4-2)21-12-14-9-11-22(13-14)16-7-5-15(18)6-8-16/h5-8,14H,3-4,9-13H2,1-2H3,(H2,19,20,21). The Labute approximate surface area is 142 Å². The number of hydrogen-bond acceptors (Lipinski definition) is 2. The maximum Gasteiger partial charge on any atom is 0.191 e. The van der Waals surface area contributed by atoms with Crippen molar-refractivity contribution in [2.45, 2.75) is 26.7 Å². The minimum atomic E-state index is 0.640. The van der Waals surface area contributed by atoms with Crippen LogP contribution >= 0.6 is 15.9 Å². The van der Waals surface area contributed by atoms with Gasteiger partial charge in [0.15, 0.2) is 5.96 Å². The van der Waals surface area contributed by atoms with Crippen molar-refractivity contribution in [2.75, 3.05) is 37.6 Å². The molecule has 1 saturated heterocycles. The zero-order valence-corrected chi connectivity index (χ0v) is 15.2. The molecular formula is C17H27BrN4. The highest BCUT2D eigenvalue weighted by Crippen LogP contribution is 2.25. The summed E-state index contributed by atoms with van der Waals surface area (Å²) in [4.78, 5) is 7.19. The third-order valence-corrected chi connectivity index (χ3v) is 4.40. The summed E-state index contributed by atoms with van der Waals surface area (Å²) in [5.74, 6) is 1.59. The van der Waals surface area contributed by atoms with Gasteiger partial charge < -0.3 is 15.5 Å². The molecule has 1 aliphatic rings. The average Bonchev–Trinajstić information content (AvgIpc) is 3.00. The maximum absolute atomic E-state index is 4.74. The number of rotatable bonds is 6. The lowest BCUT2D eigenvalue weighted by Gasteiger charge is -2.18. The molecule has 1 heterocycles. The van der Waals surface area contributed by atoms with E-state index in [1.165, 1.54) is 12.1 Å². The first-order valence-electron chi connectivity index (χ1n) is 8.25. The fourth-order valence-corrected chi connectivity index (χ4v) is 2.94. The summed E-state index contributed by atoms with van der Waals surface area (Å²) in [5.41, 5.74) is 1.31. The van der Waals surface area contributed by atoms with Crippen LogP contribution in [0.3, 0.4) is 0 Å². The van der Waals surface area contributed by atoms with Crippen LogP contribution in [0.25, 0.3) is 0 Å². The Morgan fingerprint density at radius 3 is 2.73 bits per heavy atom. The predicted octanol–water partition coefficient (Wildman–Crippen LogP) is 3.24. The van der Waals surface area contributed by atoms with E-state index in [1.54, 1.807) is 0 Å². The average molecular weight is 367 g/mol. The summed E-state index contributed by atoms with van der Waals surface area (Å²) in [6.45, 7) is 9.27. The lowest BCUT2D eigenvalue weighted by molar-refractivity contribution is 0.599. The Kier molecular flexibility index (Phi) is 7.03. The van der Waals surface area contributed by atoms with Gasteiger partial charge in [0, 0.05) is 42.9 Å². The Morgan fingerprint density at radius 1 is 1.27 bits per heavy atom. The Morgan fingerprint density at radius 2 is 2.05 bits per heavy atom. The van der Waals surface area contributed by atoms with Gasteiger partial charge in [0.25, 0.3) is 0 Å². The SMILES string of the molecule is CCCNC(=NCC1CCN(c2ccc(Br)cc2)C1)NCC. The van der Waals surface area contributed by atoms with Crippen molar-refractivity contribution in [2.24, 2.45) is 10.9 Å². The molecule has 22 heavy (non-hydrogen) atoms. The highest BCUT2D eigenvalue weighted by atomic mass is 79.9. The minimum absolute atomic E-state index is 0.640.